The van der Waals surface area contributed by atoms with Crippen molar-refractivity contribution in [3.63, 3.8) is 0 Å². The minimum atomic E-state index is -0.344. The number of carbonyl (C=O) groups is 1. The molecular weight excluding hydrogens is 332 g/mol. The van der Waals surface area contributed by atoms with Crippen LogP contribution in [0.25, 0.3) is 11.1 Å². The Labute approximate surface area is 150 Å². The van der Waals surface area contributed by atoms with Crippen LogP contribution in [0, 0.1) is 0 Å². The van der Waals surface area contributed by atoms with Crippen molar-refractivity contribution >= 4 is 17.7 Å². The third kappa shape index (κ3) is 4.23. The number of nitrogens with one attached hydrogen (secondary N) is 2. The molecule has 8 heteroatoms. The Bertz CT molecular complexity index is 898. The van der Waals surface area contributed by atoms with E-state index < -0.39 is 0 Å². The van der Waals surface area contributed by atoms with Gasteiger partial charge in [-0.3, -0.25) is 4.98 Å². The molecule has 0 radical (unpaired) electrons. The number of carbonyl (C=O) groups excluding carboxylic acids is 1. The zero-order valence-corrected chi connectivity index (χ0v) is 14.1. The summed E-state index contributed by atoms with van der Waals surface area (Å²) in [7, 11) is 1.59. The Hall–Kier alpha value is -3.68. The summed E-state index contributed by atoms with van der Waals surface area (Å²) in [5, 5.41) is 5.54. The largest absolute Gasteiger partial charge is 0.496 e. The highest BCUT2D eigenvalue weighted by Gasteiger charge is 2.07. The maximum absolute atomic E-state index is 12.1. The molecule has 3 rings (SSSR count). The normalized spacial score (nSPS) is 10.2. The summed E-state index contributed by atoms with van der Waals surface area (Å²) in [5.74, 6) is 0.923. The number of amides is 2. The molecule has 0 bridgehead atoms. The molecule has 0 spiro atoms. The van der Waals surface area contributed by atoms with E-state index in [4.69, 9.17) is 10.5 Å². The molecule has 0 fully saturated rings. The quantitative estimate of drug-likeness (QED) is 0.651. The van der Waals surface area contributed by atoms with Crippen LogP contribution in [0.1, 0.15) is 5.56 Å². The highest BCUT2D eigenvalue weighted by atomic mass is 16.5. The zero-order chi connectivity index (χ0) is 18.4. The number of anilines is 2. The third-order valence-electron chi connectivity index (χ3n) is 3.63. The monoisotopic (exact) mass is 350 g/mol. The van der Waals surface area contributed by atoms with Crippen LogP contribution in [0.5, 0.6) is 5.75 Å². The number of aromatic nitrogens is 3. The number of pyridine rings is 1. The standard InChI is InChI=1S/C18H18N6O2/c1-26-16-5-3-2-4-12(16)8-23-18(25)24-15-6-13(7-20-11-15)14-9-21-17(19)22-10-14/h2-7,9-11H,8H2,1H3,(H2,19,21,22)(H2,23,24,25). The molecule has 132 valence electrons. The average molecular weight is 350 g/mol. The number of hydrogen-bond donors (Lipinski definition) is 3. The SMILES string of the molecule is COc1ccccc1CNC(=O)Nc1cncc(-c2cnc(N)nc2)c1. The Morgan fingerprint density at radius 1 is 1.12 bits per heavy atom. The number of hydrogen-bond acceptors (Lipinski definition) is 6. The summed E-state index contributed by atoms with van der Waals surface area (Å²) in [6.45, 7) is 0.342. The molecule has 0 saturated heterocycles. The van der Waals surface area contributed by atoms with E-state index in [-0.39, 0.29) is 12.0 Å². The molecule has 2 heterocycles. The molecule has 2 amide bonds. The van der Waals surface area contributed by atoms with Gasteiger partial charge in [-0.1, -0.05) is 18.2 Å². The maximum Gasteiger partial charge on any atom is 0.319 e. The van der Waals surface area contributed by atoms with Gasteiger partial charge in [-0.05, 0) is 12.1 Å². The molecule has 0 saturated carbocycles. The van der Waals surface area contributed by atoms with Crippen LogP contribution in [0.3, 0.4) is 0 Å². The van der Waals surface area contributed by atoms with Crippen LogP contribution >= 0.6 is 0 Å². The smallest absolute Gasteiger partial charge is 0.319 e. The van der Waals surface area contributed by atoms with Crippen LogP contribution in [-0.2, 0) is 6.54 Å². The molecule has 1 aromatic carbocycles. The number of urea groups is 1. The van der Waals surface area contributed by atoms with Gasteiger partial charge in [-0.25, -0.2) is 14.8 Å². The lowest BCUT2D eigenvalue weighted by atomic mass is 10.1. The van der Waals surface area contributed by atoms with Crippen LogP contribution < -0.4 is 21.1 Å². The van der Waals surface area contributed by atoms with E-state index in [0.29, 0.717) is 12.2 Å². The topological polar surface area (TPSA) is 115 Å². The van der Waals surface area contributed by atoms with Crippen LogP contribution in [0.2, 0.25) is 0 Å². The predicted octanol–water partition coefficient (Wildman–Crippen LogP) is 2.45. The molecule has 26 heavy (non-hydrogen) atoms. The van der Waals surface area contributed by atoms with Gasteiger partial charge >= 0.3 is 6.03 Å². The van der Waals surface area contributed by atoms with Crippen LogP contribution in [0.15, 0.2) is 55.1 Å². The Kier molecular flexibility index (Phi) is 5.23. The summed E-state index contributed by atoms with van der Waals surface area (Å²) >= 11 is 0. The van der Waals surface area contributed by atoms with Crippen molar-refractivity contribution in [1.82, 2.24) is 20.3 Å². The van der Waals surface area contributed by atoms with Crippen LogP contribution in [-0.4, -0.2) is 28.1 Å². The number of nitrogen functional groups attached to an aromatic ring is 1. The maximum atomic E-state index is 12.1. The summed E-state index contributed by atoms with van der Waals surface area (Å²) in [6, 6.07) is 8.94. The highest BCUT2D eigenvalue weighted by Crippen LogP contribution is 2.20. The van der Waals surface area contributed by atoms with Crippen molar-refractivity contribution in [3.05, 3.63) is 60.7 Å². The van der Waals surface area contributed by atoms with Crippen molar-refractivity contribution in [2.45, 2.75) is 6.54 Å². The molecule has 0 aliphatic heterocycles. The lowest BCUT2D eigenvalue weighted by molar-refractivity contribution is 0.251. The molecular formula is C18H18N6O2. The molecule has 8 nitrogen and oxygen atoms in total. The first-order valence-electron chi connectivity index (χ1n) is 7.85. The van der Waals surface area contributed by atoms with Crippen molar-refractivity contribution in [3.8, 4) is 16.9 Å². The van der Waals surface area contributed by atoms with E-state index in [9.17, 15) is 4.79 Å². The summed E-state index contributed by atoms with van der Waals surface area (Å²) in [4.78, 5) is 24.2. The minimum absolute atomic E-state index is 0.201. The predicted molar refractivity (Wildman–Crippen MR) is 98.5 cm³/mol. The lowest BCUT2D eigenvalue weighted by Crippen LogP contribution is -2.28. The first-order chi connectivity index (χ1) is 12.7. The molecule has 3 aromatic rings. The number of ether oxygens (including phenoxy) is 1. The van der Waals surface area contributed by atoms with Gasteiger partial charge < -0.3 is 21.1 Å². The van der Waals surface area contributed by atoms with Crippen molar-refractivity contribution < 1.29 is 9.53 Å². The first-order valence-corrected chi connectivity index (χ1v) is 7.85. The van der Waals surface area contributed by atoms with Gasteiger partial charge in [0.15, 0.2) is 0 Å². The highest BCUT2D eigenvalue weighted by molar-refractivity contribution is 5.89. The lowest BCUT2D eigenvalue weighted by Gasteiger charge is -2.11. The number of methoxy groups -OCH3 is 1. The molecule has 2 aromatic heterocycles. The number of benzene rings is 1. The molecule has 0 aliphatic rings. The van der Waals surface area contributed by atoms with E-state index in [1.165, 1.54) is 0 Å². The fourth-order valence-electron chi connectivity index (χ4n) is 2.35. The number of para-hydroxylation sites is 1. The zero-order valence-electron chi connectivity index (χ0n) is 14.1. The van der Waals surface area contributed by atoms with E-state index in [1.807, 2.05) is 24.3 Å². The summed E-state index contributed by atoms with van der Waals surface area (Å²) < 4.78 is 5.27. The first kappa shape index (κ1) is 17.2. The Balaban J connectivity index is 1.64. The van der Waals surface area contributed by atoms with Gasteiger partial charge in [-0.2, -0.15) is 0 Å². The second-order valence-electron chi connectivity index (χ2n) is 5.41. The van der Waals surface area contributed by atoms with Crippen molar-refractivity contribution in [1.29, 1.82) is 0 Å². The Morgan fingerprint density at radius 2 is 1.88 bits per heavy atom. The second kappa shape index (κ2) is 7.93. The van der Waals surface area contributed by atoms with Gasteiger partial charge in [0.25, 0.3) is 0 Å². The van der Waals surface area contributed by atoms with E-state index in [1.54, 1.807) is 38.0 Å². The summed E-state index contributed by atoms with van der Waals surface area (Å²) in [6.07, 6.45) is 6.42. The minimum Gasteiger partial charge on any atom is -0.496 e. The van der Waals surface area contributed by atoms with Crippen molar-refractivity contribution in [2.24, 2.45) is 0 Å². The van der Waals surface area contributed by atoms with E-state index in [0.717, 1.165) is 22.4 Å². The van der Waals surface area contributed by atoms with Crippen LogP contribution in [0.4, 0.5) is 16.4 Å². The van der Waals surface area contributed by atoms with Gasteiger partial charge in [0.1, 0.15) is 5.75 Å². The van der Waals surface area contributed by atoms with E-state index >= 15 is 0 Å². The fourth-order valence-corrected chi connectivity index (χ4v) is 2.35. The number of rotatable bonds is 5. The molecule has 0 unspecified atom stereocenters. The van der Waals surface area contributed by atoms with Gasteiger partial charge in [0, 0.05) is 41.8 Å². The Morgan fingerprint density at radius 3 is 2.65 bits per heavy atom. The summed E-state index contributed by atoms with van der Waals surface area (Å²) in [5.41, 5.74) is 8.45. The molecule has 0 aliphatic carbocycles. The van der Waals surface area contributed by atoms with Gasteiger partial charge in [0.05, 0.1) is 19.0 Å². The number of nitrogens with zero attached hydrogens (tertiary/aromatic N) is 3. The average Bonchev–Trinajstić information content (AvgIpc) is 2.67. The van der Waals surface area contributed by atoms with Crippen molar-refractivity contribution in [2.75, 3.05) is 18.2 Å². The van der Waals surface area contributed by atoms with E-state index in [2.05, 4.69) is 25.6 Å². The molecule has 0 atom stereocenters. The third-order valence-corrected chi connectivity index (χ3v) is 3.63. The second-order valence-corrected chi connectivity index (χ2v) is 5.41. The van der Waals surface area contributed by atoms with Gasteiger partial charge in [-0.15, -0.1) is 0 Å². The number of nitrogens with two attached hydrogens (primary N) is 1. The molecule has 4 N–H and O–H groups in total. The fraction of sp³-hybridized carbons (Fsp3) is 0.111. The van der Waals surface area contributed by atoms with Gasteiger partial charge in [0.2, 0.25) is 5.95 Å².